The standard InChI is InChI=1S/C42H23N3S2/c1-2-12-27-24(9-1)19-21-33-38(27)30-15-7-10-25-11-8-16-32(37(25)30)45(33)42-43-39(41-40(44-42)29-14-4-6-18-35(29)47-41)26-20-22-36-31(23-26)28-13-3-5-17-34(28)46-36/h1-23H. The minimum Gasteiger partial charge on any atom is -0.278 e. The first kappa shape index (κ1) is 25.6. The number of nitrogens with zero attached hydrogens (tertiary/aromatic N) is 3. The Bertz CT molecular complexity index is 2930. The van der Waals surface area contributed by atoms with E-state index in [9.17, 15) is 0 Å². The number of hydrogen-bond acceptors (Lipinski definition) is 5. The molecule has 47 heavy (non-hydrogen) atoms. The lowest BCUT2D eigenvalue weighted by molar-refractivity contribution is 1.12. The van der Waals surface area contributed by atoms with Crippen molar-refractivity contribution in [1.29, 1.82) is 0 Å². The van der Waals surface area contributed by atoms with Crippen LogP contribution in [-0.2, 0) is 0 Å². The SMILES string of the molecule is c1ccc2c3c(ccc2c1)N(c1nc(-c2ccc4sc5ccccc5c4c2)c2sc4ccccc4c2n1)c1cccc2cccc-3c12. The Morgan fingerprint density at radius 3 is 2.11 bits per heavy atom. The molecule has 3 aromatic heterocycles. The highest BCUT2D eigenvalue weighted by molar-refractivity contribution is 7.26. The normalized spacial score (nSPS) is 12.6. The zero-order valence-electron chi connectivity index (χ0n) is 24.9. The molecule has 1 aliphatic heterocycles. The number of fused-ring (bicyclic) bond motifs is 10. The van der Waals surface area contributed by atoms with Crippen LogP contribution >= 0.6 is 22.7 Å². The predicted octanol–water partition coefficient (Wildman–Crippen LogP) is 12.6. The maximum Gasteiger partial charge on any atom is 0.235 e. The second-order valence-corrected chi connectivity index (χ2v) is 14.3. The van der Waals surface area contributed by atoms with E-state index in [1.54, 1.807) is 11.3 Å². The smallest absolute Gasteiger partial charge is 0.235 e. The lowest BCUT2D eigenvalue weighted by Gasteiger charge is -2.32. The van der Waals surface area contributed by atoms with E-state index >= 15 is 0 Å². The zero-order valence-corrected chi connectivity index (χ0v) is 26.6. The Balaban J connectivity index is 1.26. The van der Waals surface area contributed by atoms with Gasteiger partial charge in [-0.05, 0) is 58.1 Å². The van der Waals surface area contributed by atoms with Gasteiger partial charge in [0, 0.05) is 46.8 Å². The van der Waals surface area contributed by atoms with E-state index in [2.05, 4.69) is 144 Å². The summed E-state index contributed by atoms with van der Waals surface area (Å²) in [5.41, 5.74) is 7.74. The van der Waals surface area contributed by atoms with E-state index in [0.29, 0.717) is 5.95 Å². The fraction of sp³-hybridized carbons (Fsp3) is 0. The molecule has 0 saturated heterocycles. The van der Waals surface area contributed by atoms with Crippen molar-refractivity contribution in [2.75, 3.05) is 4.90 Å². The molecule has 0 radical (unpaired) electrons. The van der Waals surface area contributed by atoms with E-state index in [1.807, 2.05) is 11.3 Å². The fourth-order valence-corrected chi connectivity index (χ4v) is 9.78. The summed E-state index contributed by atoms with van der Waals surface area (Å²) in [6.07, 6.45) is 0. The zero-order chi connectivity index (χ0) is 30.6. The summed E-state index contributed by atoms with van der Waals surface area (Å²) >= 11 is 3.62. The third-order valence-corrected chi connectivity index (χ3v) is 11.9. The van der Waals surface area contributed by atoms with E-state index in [0.717, 1.165) is 38.2 Å². The average Bonchev–Trinajstić information content (AvgIpc) is 3.69. The van der Waals surface area contributed by atoms with E-state index in [-0.39, 0.29) is 0 Å². The molecule has 0 fully saturated rings. The Hall–Kier alpha value is -5.62. The Morgan fingerprint density at radius 1 is 0.489 bits per heavy atom. The van der Waals surface area contributed by atoms with Gasteiger partial charge in [-0.2, -0.15) is 0 Å². The van der Waals surface area contributed by atoms with Gasteiger partial charge in [0.05, 0.1) is 27.3 Å². The maximum absolute atomic E-state index is 5.53. The van der Waals surface area contributed by atoms with Gasteiger partial charge in [-0.15, -0.1) is 22.7 Å². The van der Waals surface area contributed by atoms with Crippen LogP contribution in [0, 0.1) is 0 Å². The van der Waals surface area contributed by atoms with Crippen molar-refractivity contribution in [2.45, 2.75) is 0 Å². The van der Waals surface area contributed by atoms with Crippen LogP contribution < -0.4 is 4.90 Å². The van der Waals surface area contributed by atoms with E-state index in [4.69, 9.17) is 9.97 Å². The van der Waals surface area contributed by atoms with Crippen LogP contribution in [0.1, 0.15) is 0 Å². The molecule has 10 aromatic rings. The van der Waals surface area contributed by atoms with Crippen LogP contribution in [0.3, 0.4) is 0 Å². The van der Waals surface area contributed by atoms with Crippen LogP contribution in [0.4, 0.5) is 17.3 Å². The molecule has 0 amide bonds. The molecule has 3 nitrogen and oxygen atoms in total. The van der Waals surface area contributed by atoms with Crippen LogP contribution in [-0.4, -0.2) is 9.97 Å². The van der Waals surface area contributed by atoms with E-state index in [1.165, 1.54) is 57.5 Å². The Labute approximate surface area is 277 Å². The van der Waals surface area contributed by atoms with Crippen LogP contribution in [0.2, 0.25) is 0 Å². The van der Waals surface area contributed by atoms with Crippen molar-refractivity contribution in [1.82, 2.24) is 9.97 Å². The highest BCUT2D eigenvalue weighted by atomic mass is 32.1. The first-order valence-electron chi connectivity index (χ1n) is 15.8. The molecule has 0 unspecified atom stereocenters. The van der Waals surface area contributed by atoms with Gasteiger partial charge in [0.25, 0.3) is 0 Å². The maximum atomic E-state index is 5.53. The Kier molecular flexibility index (Phi) is 5.14. The van der Waals surface area contributed by atoms with Gasteiger partial charge in [-0.3, -0.25) is 4.90 Å². The van der Waals surface area contributed by atoms with Crippen molar-refractivity contribution in [3.05, 3.63) is 140 Å². The molecular formula is C42H23N3S2. The number of benzene rings is 7. The molecule has 5 heteroatoms. The van der Waals surface area contributed by atoms with Gasteiger partial charge in [-0.25, -0.2) is 9.97 Å². The second-order valence-electron chi connectivity index (χ2n) is 12.2. The monoisotopic (exact) mass is 633 g/mol. The summed E-state index contributed by atoms with van der Waals surface area (Å²) in [6, 6.07) is 50.5. The van der Waals surface area contributed by atoms with E-state index < -0.39 is 0 Å². The largest absolute Gasteiger partial charge is 0.278 e. The third-order valence-electron chi connectivity index (χ3n) is 9.60. The van der Waals surface area contributed by atoms with Crippen molar-refractivity contribution in [3.63, 3.8) is 0 Å². The highest BCUT2D eigenvalue weighted by Gasteiger charge is 2.30. The molecule has 7 aromatic carbocycles. The average molecular weight is 634 g/mol. The lowest BCUT2D eigenvalue weighted by Crippen LogP contribution is -2.18. The molecule has 0 atom stereocenters. The summed E-state index contributed by atoms with van der Waals surface area (Å²) in [5.74, 6) is 0.685. The first-order valence-corrected chi connectivity index (χ1v) is 17.4. The molecule has 11 rings (SSSR count). The quantitative estimate of drug-likeness (QED) is 0.190. The molecule has 0 spiro atoms. The van der Waals surface area contributed by atoms with Gasteiger partial charge in [0.1, 0.15) is 0 Å². The minimum atomic E-state index is 0.685. The lowest BCUT2D eigenvalue weighted by atomic mass is 9.88. The highest BCUT2D eigenvalue weighted by Crippen LogP contribution is 2.53. The summed E-state index contributed by atoms with van der Waals surface area (Å²) in [4.78, 5) is 13.3. The van der Waals surface area contributed by atoms with Gasteiger partial charge < -0.3 is 0 Å². The van der Waals surface area contributed by atoms with Gasteiger partial charge in [0.2, 0.25) is 5.95 Å². The first-order chi connectivity index (χ1) is 23.3. The number of rotatable bonds is 2. The molecule has 1 aliphatic rings. The van der Waals surface area contributed by atoms with Gasteiger partial charge in [-0.1, -0.05) is 103 Å². The van der Waals surface area contributed by atoms with Crippen molar-refractivity contribution >= 4 is 102 Å². The minimum absolute atomic E-state index is 0.685. The number of anilines is 3. The Morgan fingerprint density at radius 2 is 1.21 bits per heavy atom. The van der Waals surface area contributed by atoms with Crippen molar-refractivity contribution < 1.29 is 0 Å². The summed E-state index contributed by atoms with van der Waals surface area (Å²) < 4.78 is 4.92. The molecule has 0 saturated carbocycles. The number of thiophene rings is 2. The summed E-state index contributed by atoms with van der Waals surface area (Å²) in [7, 11) is 0. The van der Waals surface area contributed by atoms with Crippen LogP contribution in [0.25, 0.3) is 84.4 Å². The molecular weight excluding hydrogens is 611 g/mol. The van der Waals surface area contributed by atoms with Crippen LogP contribution in [0.5, 0.6) is 0 Å². The topological polar surface area (TPSA) is 29.0 Å². The molecule has 218 valence electrons. The molecule has 0 N–H and O–H groups in total. The molecule has 0 aliphatic carbocycles. The predicted molar refractivity (Wildman–Crippen MR) is 202 cm³/mol. The third kappa shape index (κ3) is 3.55. The van der Waals surface area contributed by atoms with Gasteiger partial charge in [0.15, 0.2) is 0 Å². The molecule has 4 heterocycles. The number of aromatic nitrogens is 2. The molecule has 0 bridgehead atoms. The van der Waals surface area contributed by atoms with Gasteiger partial charge >= 0.3 is 0 Å². The fourth-order valence-electron chi connectivity index (χ4n) is 7.54. The summed E-state index contributed by atoms with van der Waals surface area (Å²) in [5, 5.41) is 8.61. The number of hydrogen-bond donors (Lipinski definition) is 0. The van der Waals surface area contributed by atoms with Crippen molar-refractivity contribution in [3.8, 4) is 22.4 Å². The second kappa shape index (κ2) is 9.46. The van der Waals surface area contributed by atoms with Crippen molar-refractivity contribution in [2.24, 2.45) is 0 Å². The van der Waals surface area contributed by atoms with Crippen LogP contribution in [0.15, 0.2) is 140 Å². The summed E-state index contributed by atoms with van der Waals surface area (Å²) in [6.45, 7) is 0.